The molecule has 270 valence electrons. The first-order valence-electron chi connectivity index (χ1n) is 16.1. The van der Waals surface area contributed by atoms with Gasteiger partial charge >= 0.3 is 13.3 Å². The van der Waals surface area contributed by atoms with Crippen molar-refractivity contribution in [2.75, 3.05) is 13.1 Å². The summed E-state index contributed by atoms with van der Waals surface area (Å²) in [6, 6.07) is 11.1. The van der Waals surface area contributed by atoms with E-state index in [0.717, 1.165) is 34.7 Å². The van der Waals surface area contributed by atoms with Crippen LogP contribution in [0.4, 0.5) is 8.78 Å². The number of amides is 4. The van der Waals surface area contributed by atoms with Gasteiger partial charge in [0.05, 0.1) is 16.6 Å². The van der Waals surface area contributed by atoms with Gasteiger partial charge in [0.1, 0.15) is 17.1 Å². The molecule has 2 aromatic heterocycles. The molecule has 0 saturated carbocycles. The highest BCUT2D eigenvalue weighted by atomic mass is 32.1. The molecular formula is C33H35F2N6O7PS2. The van der Waals surface area contributed by atoms with Crippen LogP contribution >= 0.6 is 30.3 Å². The van der Waals surface area contributed by atoms with E-state index in [1.807, 2.05) is 35.7 Å². The van der Waals surface area contributed by atoms with Crippen molar-refractivity contribution < 1.29 is 42.3 Å². The van der Waals surface area contributed by atoms with Crippen LogP contribution in [0.1, 0.15) is 58.4 Å². The number of nitrogens with two attached hydrogens (primary N) is 1. The number of carbonyl (C=O) groups is 4. The minimum atomic E-state index is -5.79. The Labute approximate surface area is 298 Å². The lowest BCUT2D eigenvalue weighted by Gasteiger charge is -2.35. The molecule has 4 atom stereocenters. The summed E-state index contributed by atoms with van der Waals surface area (Å²) in [6.45, 7) is 0.603. The summed E-state index contributed by atoms with van der Waals surface area (Å²) in [5.41, 5.74) is 1.76. The number of benzene rings is 2. The summed E-state index contributed by atoms with van der Waals surface area (Å²) in [5, 5.41) is 11.5. The van der Waals surface area contributed by atoms with Gasteiger partial charge in [0.15, 0.2) is 0 Å². The van der Waals surface area contributed by atoms with Crippen molar-refractivity contribution in [2.24, 2.45) is 5.73 Å². The largest absolute Gasteiger partial charge is 0.399 e. The molecule has 0 radical (unpaired) electrons. The van der Waals surface area contributed by atoms with Gasteiger partial charge in [-0.15, -0.1) is 22.7 Å². The van der Waals surface area contributed by atoms with Crippen molar-refractivity contribution in [1.82, 2.24) is 25.8 Å². The van der Waals surface area contributed by atoms with E-state index in [0.29, 0.717) is 35.5 Å². The van der Waals surface area contributed by atoms with Gasteiger partial charge in [0.25, 0.3) is 5.91 Å². The van der Waals surface area contributed by atoms with Crippen LogP contribution in [-0.2, 0) is 24.6 Å². The Bertz CT molecular complexity index is 2000. The number of nitrogens with zero attached hydrogens (tertiary/aromatic N) is 2. The van der Waals surface area contributed by atoms with E-state index in [-0.39, 0.29) is 35.7 Å². The van der Waals surface area contributed by atoms with Gasteiger partial charge in [0, 0.05) is 40.2 Å². The number of thiophene rings is 1. The molecule has 6 rings (SSSR count). The second kappa shape index (κ2) is 14.9. The molecule has 18 heteroatoms. The molecule has 0 spiro atoms. The van der Waals surface area contributed by atoms with Crippen LogP contribution in [0.25, 0.3) is 21.3 Å². The Morgan fingerprint density at radius 3 is 2.61 bits per heavy atom. The SMILES string of the molecule is NC(=O)CC[C@H](NC(=O)[C@@H]1CC[C@@H]2CCNC[C@H](NC(=O)c3cc4cc(C(F)(F)P(=O)(O)O)ccc4s3)C(=O)N21)c1nc(-c2ccccc2)cs1. The first-order chi connectivity index (χ1) is 24.2. The van der Waals surface area contributed by atoms with Crippen LogP contribution in [0.15, 0.2) is 60.0 Å². The predicted octanol–water partition coefficient (Wildman–Crippen LogP) is 3.83. The van der Waals surface area contributed by atoms with E-state index in [4.69, 9.17) is 20.5 Å². The summed E-state index contributed by atoms with van der Waals surface area (Å²) in [4.78, 5) is 77.7. The number of nitrogens with one attached hydrogen (secondary N) is 3. The zero-order valence-corrected chi connectivity index (χ0v) is 29.5. The highest BCUT2D eigenvalue weighted by Crippen LogP contribution is 2.59. The van der Waals surface area contributed by atoms with Crippen LogP contribution in [0.3, 0.4) is 0 Å². The average Bonchev–Trinajstić information content (AvgIpc) is 3.85. The third kappa shape index (κ3) is 7.88. The molecule has 4 amide bonds. The number of halogens is 2. The molecule has 13 nitrogen and oxygen atoms in total. The Morgan fingerprint density at radius 2 is 1.88 bits per heavy atom. The lowest BCUT2D eigenvalue weighted by molar-refractivity contribution is -0.142. The number of aromatic nitrogens is 1. The third-order valence-electron chi connectivity index (χ3n) is 9.00. The Balaban J connectivity index is 1.19. The second-order valence-corrected chi connectivity index (χ2v) is 16.1. The standard InChI is InChI=1S/C33H35F2N6O7PS2/c34-33(35,49(46,47)48)20-6-10-26-19(14-20)15-27(51-26)30(44)39-23-16-37-13-12-21-7-9-25(41(21)32(23)45)29(43)38-22(8-11-28(36)42)31-40-24(17-50-31)18-4-2-1-3-5-18/h1-6,10,14-15,17,21-23,25,37H,7-9,11-13,16H2,(H2,36,42)(H,38,43)(H,39,44)(H2,46,47,48)/t21-,22+,23+,25+/m1/s1. The van der Waals surface area contributed by atoms with E-state index in [1.165, 1.54) is 28.4 Å². The topological polar surface area (TPSA) is 204 Å². The maximum absolute atomic E-state index is 14.3. The number of rotatable bonds is 11. The Hall–Kier alpha value is -4.12. The molecule has 4 heterocycles. The molecule has 51 heavy (non-hydrogen) atoms. The fourth-order valence-electron chi connectivity index (χ4n) is 6.39. The highest BCUT2D eigenvalue weighted by molar-refractivity contribution is 7.52. The van der Waals surface area contributed by atoms with Gasteiger partial charge in [-0.1, -0.05) is 36.4 Å². The minimum absolute atomic E-state index is 0.00600. The van der Waals surface area contributed by atoms with Crippen molar-refractivity contribution in [3.05, 3.63) is 75.4 Å². The number of hydrogen-bond acceptors (Lipinski definition) is 9. The molecule has 0 unspecified atom stereocenters. The maximum atomic E-state index is 14.3. The number of alkyl halides is 2. The molecule has 0 bridgehead atoms. The molecule has 2 aliphatic heterocycles. The second-order valence-electron chi connectivity index (χ2n) is 12.5. The van der Waals surface area contributed by atoms with Gasteiger partial charge in [-0.05, 0) is 55.8 Å². The van der Waals surface area contributed by atoms with Gasteiger partial charge in [0.2, 0.25) is 17.7 Å². The number of thiazole rings is 1. The molecule has 4 aromatic rings. The Kier molecular flexibility index (Phi) is 10.7. The van der Waals surface area contributed by atoms with E-state index in [1.54, 1.807) is 0 Å². The van der Waals surface area contributed by atoms with E-state index in [9.17, 15) is 32.5 Å². The summed E-state index contributed by atoms with van der Waals surface area (Å²) in [7, 11) is -5.79. The van der Waals surface area contributed by atoms with Crippen molar-refractivity contribution in [2.45, 2.75) is 61.9 Å². The smallest absolute Gasteiger partial charge is 0.370 e. The van der Waals surface area contributed by atoms with E-state index < -0.39 is 60.6 Å². The number of primary amides is 1. The molecule has 2 fully saturated rings. The van der Waals surface area contributed by atoms with Crippen molar-refractivity contribution >= 4 is 64.0 Å². The lowest BCUT2D eigenvalue weighted by atomic mass is 10.1. The van der Waals surface area contributed by atoms with Crippen LogP contribution in [0.5, 0.6) is 0 Å². The summed E-state index contributed by atoms with van der Waals surface area (Å²) in [6.07, 6.45) is 1.75. The van der Waals surface area contributed by atoms with Gasteiger partial charge in [-0.25, -0.2) is 4.98 Å². The van der Waals surface area contributed by atoms with E-state index >= 15 is 0 Å². The maximum Gasteiger partial charge on any atom is 0.399 e. The monoisotopic (exact) mass is 760 g/mol. The van der Waals surface area contributed by atoms with Gasteiger partial charge < -0.3 is 36.4 Å². The first kappa shape index (κ1) is 36.7. The fraction of sp³-hybridized carbons (Fsp3) is 0.364. The Morgan fingerprint density at radius 1 is 1.12 bits per heavy atom. The van der Waals surface area contributed by atoms with E-state index in [2.05, 4.69) is 16.0 Å². The van der Waals surface area contributed by atoms with Crippen LogP contribution in [-0.4, -0.2) is 74.5 Å². The van der Waals surface area contributed by atoms with Crippen molar-refractivity contribution in [1.29, 1.82) is 0 Å². The van der Waals surface area contributed by atoms with Crippen molar-refractivity contribution in [3.63, 3.8) is 0 Å². The highest BCUT2D eigenvalue weighted by Gasteiger charge is 2.50. The van der Waals surface area contributed by atoms with Crippen LogP contribution in [0.2, 0.25) is 0 Å². The summed E-state index contributed by atoms with van der Waals surface area (Å²) < 4.78 is 40.5. The zero-order chi connectivity index (χ0) is 36.5. The normalized spacial score (nSPS) is 20.4. The third-order valence-corrected chi connectivity index (χ3v) is 12.1. The molecule has 7 N–H and O–H groups in total. The predicted molar refractivity (Wildman–Crippen MR) is 187 cm³/mol. The minimum Gasteiger partial charge on any atom is -0.370 e. The molecular weight excluding hydrogens is 726 g/mol. The summed E-state index contributed by atoms with van der Waals surface area (Å²) >= 11 is 2.31. The van der Waals surface area contributed by atoms with Crippen LogP contribution in [0, 0.1) is 0 Å². The van der Waals surface area contributed by atoms with Gasteiger partial charge in [-0.2, -0.15) is 8.78 Å². The average molecular weight is 761 g/mol. The van der Waals surface area contributed by atoms with Crippen LogP contribution < -0.4 is 21.7 Å². The molecule has 2 saturated heterocycles. The van der Waals surface area contributed by atoms with Gasteiger partial charge in [-0.3, -0.25) is 23.7 Å². The summed E-state index contributed by atoms with van der Waals surface area (Å²) in [5.74, 6) is -2.06. The molecule has 2 aliphatic rings. The first-order valence-corrected chi connectivity index (χ1v) is 19.4. The lowest BCUT2D eigenvalue weighted by Crippen LogP contribution is -2.60. The quantitative estimate of drug-likeness (QED) is 0.123. The number of hydrogen-bond donors (Lipinski definition) is 6. The molecule has 2 aromatic carbocycles. The van der Waals surface area contributed by atoms with Crippen molar-refractivity contribution in [3.8, 4) is 11.3 Å². The number of fused-ring (bicyclic) bond motifs is 2. The fourth-order valence-corrected chi connectivity index (χ4v) is 8.73. The number of carbonyl (C=O) groups excluding carboxylic acids is 4. The zero-order valence-electron chi connectivity index (χ0n) is 27.0. The molecule has 0 aliphatic carbocycles.